The number of aromatic nitrogens is 3. The van der Waals surface area contributed by atoms with Crippen molar-refractivity contribution < 1.29 is 9.47 Å². The topological polar surface area (TPSA) is 85.6 Å². The number of fused-ring (bicyclic) bond motifs is 1. The number of nitrogens with zero attached hydrogens (tertiary/aromatic N) is 4. The van der Waals surface area contributed by atoms with Gasteiger partial charge in [-0.15, -0.1) is 10.2 Å². The molecular weight excluding hydrogens is 392 g/mol. The predicted molar refractivity (Wildman–Crippen MR) is 123 cm³/mol. The van der Waals surface area contributed by atoms with Gasteiger partial charge < -0.3 is 24.7 Å². The lowest BCUT2D eigenvalue weighted by Crippen LogP contribution is -2.39. The number of hydrogen-bond acceptors (Lipinski definition) is 5. The summed E-state index contributed by atoms with van der Waals surface area (Å²) in [7, 11) is 1.68. The quantitative estimate of drug-likeness (QED) is 0.325. The van der Waals surface area contributed by atoms with Gasteiger partial charge in [-0.25, -0.2) is 4.99 Å². The molecule has 31 heavy (non-hydrogen) atoms. The minimum Gasteiger partial charge on any atom is -0.497 e. The largest absolute Gasteiger partial charge is 0.497 e. The van der Waals surface area contributed by atoms with Crippen molar-refractivity contribution in [3.63, 3.8) is 0 Å². The highest BCUT2D eigenvalue weighted by atomic mass is 16.5. The van der Waals surface area contributed by atoms with E-state index >= 15 is 0 Å². The van der Waals surface area contributed by atoms with Gasteiger partial charge in [-0.05, 0) is 43.9 Å². The molecule has 170 valence electrons. The van der Waals surface area contributed by atoms with Crippen molar-refractivity contribution in [3.8, 4) is 5.75 Å². The first-order valence-electron chi connectivity index (χ1n) is 11.4. The van der Waals surface area contributed by atoms with Gasteiger partial charge in [0.25, 0.3) is 0 Å². The van der Waals surface area contributed by atoms with Crippen molar-refractivity contribution >= 4 is 5.96 Å². The maximum absolute atomic E-state index is 5.43. The van der Waals surface area contributed by atoms with Crippen LogP contribution in [0.3, 0.4) is 0 Å². The molecule has 0 aliphatic carbocycles. The average Bonchev–Trinajstić information content (AvgIpc) is 3.02. The molecule has 0 spiro atoms. The highest BCUT2D eigenvalue weighted by Crippen LogP contribution is 2.14. The van der Waals surface area contributed by atoms with Gasteiger partial charge in [0.05, 0.1) is 13.7 Å². The summed E-state index contributed by atoms with van der Waals surface area (Å²) in [5, 5.41) is 15.7. The number of aliphatic imine (C=N–C) groups is 1. The number of methoxy groups -OCH3 is 1. The molecule has 0 radical (unpaired) electrons. The lowest BCUT2D eigenvalue weighted by molar-refractivity contribution is 0.145. The summed E-state index contributed by atoms with van der Waals surface area (Å²) in [6.07, 6.45) is 6.50. The van der Waals surface area contributed by atoms with Crippen LogP contribution in [0.2, 0.25) is 0 Å². The summed E-state index contributed by atoms with van der Waals surface area (Å²) in [5.41, 5.74) is 1.14. The van der Waals surface area contributed by atoms with E-state index in [0.29, 0.717) is 6.54 Å². The Bertz CT molecular complexity index is 803. The lowest BCUT2D eigenvalue weighted by Gasteiger charge is -2.13. The Morgan fingerprint density at radius 1 is 1.10 bits per heavy atom. The SMILES string of the molecule is CCOCCCNC(=NCc1ccc(OC)cc1)NCCc1nnc2n1CCCCC2. The Labute approximate surface area is 185 Å². The van der Waals surface area contributed by atoms with Crippen LogP contribution in [0.1, 0.15) is 49.8 Å². The van der Waals surface area contributed by atoms with E-state index in [0.717, 1.165) is 81.0 Å². The molecule has 0 unspecified atom stereocenters. The Morgan fingerprint density at radius 2 is 1.94 bits per heavy atom. The highest BCUT2D eigenvalue weighted by molar-refractivity contribution is 5.79. The fourth-order valence-electron chi connectivity index (χ4n) is 3.62. The maximum atomic E-state index is 5.43. The van der Waals surface area contributed by atoms with Crippen LogP contribution < -0.4 is 15.4 Å². The number of benzene rings is 1. The second kappa shape index (κ2) is 12.9. The third kappa shape index (κ3) is 7.54. The summed E-state index contributed by atoms with van der Waals surface area (Å²) in [6, 6.07) is 8.01. The highest BCUT2D eigenvalue weighted by Gasteiger charge is 2.14. The van der Waals surface area contributed by atoms with Crippen LogP contribution in [0.4, 0.5) is 0 Å². The summed E-state index contributed by atoms with van der Waals surface area (Å²) >= 11 is 0. The Kier molecular flexibility index (Phi) is 9.63. The van der Waals surface area contributed by atoms with E-state index in [9.17, 15) is 0 Å². The van der Waals surface area contributed by atoms with Gasteiger partial charge in [0.1, 0.15) is 17.4 Å². The van der Waals surface area contributed by atoms with E-state index in [2.05, 4.69) is 25.4 Å². The van der Waals surface area contributed by atoms with Crippen LogP contribution >= 0.6 is 0 Å². The zero-order valence-electron chi connectivity index (χ0n) is 18.9. The molecule has 2 aromatic rings. The molecule has 8 nitrogen and oxygen atoms in total. The molecule has 2 N–H and O–H groups in total. The van der Waals surface area contributed by atoms with E-state index in [1.165, 1.54) is 19.3 Å². The molecule has 0 saturated carbocycles. The molecule has 1 aliphatic heterocycles. The average molecular weight is 429 g/mol. The predicted octanol–water partition coefficient (Wildman–Crippen LogP) is 2.72. The Hall–Kier alpha value is -2.61. The van der Waals surface area contributed by atoms with Gasteiger partial charge in [-0.1, -0.05) is 18.6 Å². The van der Waals surface area contributed by atoms with E-state index in [1.54, 1.807) is 7.11 Å². The molecule has 1 aliphatic rings. The Balaban J connectivity index is 1.54. The van der Waals surface area contributed by atoms with Crippen molar-refractivity contribution in [1.29, 1.82) is 0 Å². The molecule has 8 heteroatoms. The first kappa shape index (κ1) is 23.1. The van der Waals surface area contributed by atoms with E-state index in [1.807, 2.05) is 31.2 Å². The lowest BCUT2D eigenvalue weighted by atomic mass is 10.2. The molecule has 0 amide bonds. The normalized spacial score (nSPS) is 14.1. The molecule has 3 rings (SSSR count). The molecular formula is C23H36N6O2. The van der Waals surface area contributed by atoms with Crippen LogP contribution in [0.15, 0.2) is 29.3 Å². The fourth-order valence-corrected chi connectivity index (χ4v) is 3.62. The zero-order valence-corrected chi connectivity index (χ0v) is 18.9. The maximum Gasteiger partial charge on any atom is 0.191 e. The van der Waals surface area contributed by atoms with Crippen molar-refractivity contribution in [3.05, 3.63) is 41.5 Å². The van der Waals surface area contributed by atoms with Crippen LogP contribution in [0.5, 0.6) is 5.75 Å². The minimum atomic E-state index is 0.602. The van der Waals surface area contributed by atoms with Crippen LogP contribution in [-0.4, -0.2) is 54.1 Å². The standard InChI is InChI=1S/C23H36N6O2/c1-3-31-17-7-14-24-23(26-18-19-9-11-20(30-2)12-10-19)25-15-13-22-28-27-21-8-5-4-6-16-29(21)22/h9-12H,3-8,13-18H2,1-2H3,(H2,24,25,26). The number of guanidine groups is 1. The van der Waals surface area contributed by atoms with Gasteiger partial charge in [0.2, 0.25) is 0 Å². The van der Waals surface area contributed by atoms with E-state index in [-0.39, 0.29) is 0 Å². The Morgan fingerprint density at radius 3 is 2.74 bits per heavy atom. The molecule has 1 aromatic heterocycles. The first-order valence-corrected chi connectivity index (χ1v) is 11.4. The smallest absolute Gasteiger partial charge is 0.191 e. The van der Waals surface area contributed by atoms with Gasteiger partial charge in [0.15, 0.2) is 5.96 Å². The second-order valence-corrected chi connectivity index (χ2v) is 7.66. The van der Waals surface area contributed by atoms with Crippen LogP contribution in [0.25, 0.3) is 0 Å². The monoisotopic (exact) mass is 428 g/mol. The number of ether oxygens (including phenoxy) is 2. The third-order valence-corrected chi connectivity index (χ3v) is 5.37. The first-order chi connectivity index (χ1) is 15.3. The number of aryl methyl sites for hydroxylation is 1. The van der Waals surface area contributed by atoms with Gasteiger partial charge in [0, 0.05) is 45.7 Å². The van der Waals surface area contributed by atoms with Gasteiger partial charge in [-0.2, -0.15) is 0 Å². The van der Waals surface area contributed by atoms with E-state index in [4.69, 9.17) is 14.5 Å². The summed E-state index contributed by atoms with van der Waals surface area (Å²) < 4.78 is 13.0. The minimum absolute atomic E-state index is 0.602. The molecule has 0 fully saturated rings. The summed E-state index contributed by atoms with van der Waals surface area (Å²) in [5.74, 6) is 3.86. The third-order valence-electron chi connectivity index (χ3n) is 5.37. The van der Waals surface area contributed by atoms with Crippen molar-refractivity contribution in [2.75, 3.05) is 33.4 Å². The zero-order chi connectivity index (χ0) is 21.7. The van der Waals surface area contributed by atoms with Crippen molar-refractivity contribution in [2.45, 2.75) is 58.5 Å². The van der Waals surface area contributed by atoms with Gasteiger partial charge in [-0.3, -0.25) is 0 Å². The summed E-state index contributed by atoms with van der Waals surface area (Å²) in [4.78, 5) is 4.76. The van der Waals surface area contributed by atoms with Crippen LogP contribution in [-0.2, 0) is 30.7 Å². The summed E-state index contributed by atoms with van der Waals surface area (Å²) in [6.45, 7) is 6.73. The number of hydrogen-bond donors (Lipinski definition) is 2. The molecule has 1 aromatic carbocycles. The molecule has 0 bridgehead atoms. The molecule has 0 saturated heterocycles. The van der Waals surface area contributed by atoms with E-state index < -0.39 is 0 Å². The molecule has 0 atom stereocenters. The van der Waals surface area contributed by atoms with Crippen molar-refractivity contribution in [2.24, 2.45) is 4.99 Å². The fraction of sp³-hybridized carbons (Fsp3) is 0.609. The van der Waals surface area contributed by atoms with Crippen molar-refractivity contribution in [1.82, 2.24) is 25.4 Å². The number of nitrogens with one attached hydrogen (secondary N) is 2. The second-order valence-electron chi connectivity index (χ2n) is 7.66. The van der Waals surface area contributed by atoms with Crippen LogP contribution in [0, 0.1) is 0 Å². The molecule has 2 heterocycles. The number of rotatable bonds is 11. The van der Waals surface area contributed by atoms with Gasteiger partial charge >= 0.3 is 0 Å².